The molecule has 4 atom stereocenters. The summed E-state index contributed by atoms with van der Waals surface area (Å²) < 4.78 is 10.1. The van der Waals surface area contributed by atoms with E-state index in [1.165, 1.54) is 0 Å². The van der Waals surface area contributed by atoms with Crippen LogP contribution >= 0.6 is 0 Å². The summed E-state index contributed by atoms with van der Waals surface area (Å²) >= 11 is 0. The number of aliphatic hydroxyl groups is 3. The summed E-state index contributed by atoms with van der Waals surface area (Å²) in [6, 6.07) is 7.41. The van der Waals surface area contributed by atoms with Gasteiger partial charge in [-0.1, -0.05) is 18.2 Å². The lowest BCUT2D eigenvalue weighted by Gasteiger charge is -2.31. The second-order valence-corrected chi connectivity index (χ2v) is 5.80. The number of carbonyl (C=O) groups is 1. The molecular weight excluding hydrogens is 290 g/mol. The van der Waals surface area contributed by atoms with Gasteiger partial charge in [0.15, 0.2) is 6.10 Å². The molecular formula is C15H15NO6. The molecule has 2 aliphatic rings. The number of H-pyrrole nitrogens is 1. The number of hydrogen-bond acceptors (Lipinski definition) is 6. The van der Waals surface area contributed by atoms with Crippen molar-refractivity contribution in [1.29, 1.82) is 0 Å². The first-order valence-corrected chi connectivity index (χ1v) is 6.98. The van der Waals surface area contributed by atoms with E-state index in [1.807, 2.05) is 24.3 Å². The summed E-state index contributed by atoms with van der Waals surface area (Å²) in [6.45, 7) is -0.204. The molecule has 4 N–H and O–H groups in total. The average molecular weight is 305 g/mol. The van der Waals surface area contributed by atoms with Crippen LogP contribution in [0.2, 0.25) is 0 Å². The Morgan fingerprint density at radius 1 is 1.32 bits per heavy atom. The highest BCUT2D eigenvalue weighted by Crippen LogP contribution is 2.45. The van der Waals surface area contributed by atoms with Crippen LogP contribution in [0.3, 0.4) is 0 Å². The second kappa shape index (κ2) is 4.30. The largest absolute Gasteiger partial charge is 0.451 e. The lowest BCUT2D eigenvalue weighted by molar-refractivity contribution is -0.262. The minimum absolute atomic E-state index is 0.185. The van der Waals surface area contributed by atoms with Gasteiger partial charge in [-0.2, -0.15) is 0 Å². The Morgan fingerprint density at radius 2 is 2.09 bits per heavy atom. The third kappa shape index (κ3) is 1.56. The highest BCUT2D eigenvalue weighted by molar-refractivity contribution is 5.87. The zero-order valence-corrected chi connectivity index (χ0v) is 11.5. The van der Waals surface area contributed by atoms with Crippen molar-refractivity contribution in [1.82, 2.24) is 4.98 Å². The van der Waals surface area contributed by atoms with Crippen molar-refractivity contribution in [2.75, 3.05) is 6.61 Å². The molecule has 2 fully saturated rings. The van der Waals surface area contributed by atoms with Crippen LogP contribution in [-0.4, -0.2) is 56.5 Å². The van der Waals surface area contributed by atoms with Gasteiger partial charge in [-0.3, -0.25) is 0 Å². The van der Waals surface area contributed by atoms with Crippen molar-refractivity contribution in [3.05, 3.63) is 36.0 Å². The minimum atomic E-state index is -2.26. The van der Waals surface area contributed by atoms with E-state index in [0.29, 0.717) is 5.56 Å². The zero-order chi connectivity index (χ0) is 15.5. The van der Waals surface area contributed by atoms with Crippen molar-refractivity contribution in [3.8, 4) is 0 Å². The number of benzene rings is 1. The third-order valence-electron chi connectivity index (χ3n) is 4.49. The number of fused-ring (bicyclic) bond motifs is 2. The molecule has 1 aromatic heterocycles. The molecule has 0 spiro atoms. The molecule has 0 saturated carbocycles. The van der Waals surface area contributed by atoms with Crippen molar-refractivity contribution in [2.45, 2.75) is 30.0 Å². The van der Waals surface area contributed by atoms with Gasteiger partial charge in [0, 0.05) is 23.5 Å². The van der Waals surface area contributed by atoms with Crippen LogP contribution in [0.15, 0.2) is 30.5 Å². The smallest absolute Gasteiger partial charge is 0.344 e. The maximum atomic E-state index is 12.1. The summed E-state index contributed by atoms with van der Waals surface area (Å²) in [5.74, 6) is -3.24. The molecule has 2 aromatic rings. The van der Waals surface area contributed by atoms with Crippen LogP contribution in [-0.2, 0) is 20.7 Å². The van der Waals surface area contributed by atoms with Gasteiger partial charge in [-0.15, -0.1) is 0 Å². The summed E-state index contributed by atoms with van der Waals surface area (Å²) in [5, 5.41) is 31.9. The lowest BCUT2D eigenvalue weighted by atomic mass is 9.85. The van der Waals surface area contributed by atoms with Gasteiger partial charge >= 0.3 is 5.97 Å². The number of nitrogens with one attached hydrogen (secondary N) is 1. The molecule has 2 aliphatic heterocycles. The molecule has 0 aliphatic carbocycles. The van der Waals surface area contributed by atoms with Crippen LogP contribution in [0.4, 0.5) is 0 Å². The van der Waals surface area contributed by atoms with E-state index in [9.17, 15) is 20.1 Å². The number of ether oxygens (including phenoxy) is 2. The van der Waals surface area contributed by atoms with E-state index < -0.39 is 29.6 Å². The number of carbonyl (C=O) groups excluding carboxylic acids is 1. The van der Waals surface area contributed by atoms with E-state index in [2.05, 4.69) is 4.98 Å². The van der Waals surface area contributed by atoms with Crippen LogP contribution < -0.4 is 0 Å². The van der Waals surface area contributed by atoms with Crippen LogP contribution in [0, 0.1) is 0 Å². The molecule has 116 valence electrons. The Bertz CT molecular complexity index is 757. The second-order valence-electron chi connectivity index (χ2n) is 5.80. The van der Waals surface area contributed by atoms with E-state index in [1.54, 1.807) is 6.20 Å². The normalized spacial score (nSPS) is 37.5. The zero-order valence-electron chi connectivity index (χ0n) is 11.5. The lowest BCUT2D eigenvalue weighted by Crippen LogP contribution is -2.59. The van der Waals surface area contributed by atoms with Gasteiger partial charge in [-0.05, 0) is 11.6 Å². The molecule has 7 heteroatoms. The Labute approximate surface area is 125 Å². The monoisotopic (exact) mass is 305 g/mol. The molecule has 3 heterocycles. The predicted molar refractivity (Wildman–Crippen MR) is 73.7 cm³/mol. The maximum absolute atomic E-state index is 12.1. The average Bonchev–Trinajstić information content (AvgIpc) is 3.09. The first kappa shape index (κ1) is 13.7. The summed E-state index contributed by atoms with van der Waals surface area (Å²) in [4.78, 5) is 15.1. The SMILES string of the molecule is O=C1OC2C(O)COC2(O)[C@@]1(O)Cc1c[nH]c2ccccc12. The molecule has 22 heavy (non-hydrogen) atoms. The molecule has 1 aromatic carbocycles. The first-order chi connectivity index (χ1) is 10.5. The molecule has 3 unspecified atom stereocenters. The standard InChI is InChI=1S/C15H15NO6/c17-11-7-21-15(20)12(11)22-13(18)14(15,19)5-8-6-16-10-4-2-1-3-9(8)10/h1-4,6,11-12,16-17,19-20H,5,7H2/t11?,12?,14-,15?/m1/s1. The number of para-hydroxylation sites is 1. The highest BCUT2D eigenvalue weighted by Gasteiger charge is 2.73. The van der Waals surface area contributed by atoms with Crippen molar-refractivity contribution >= 4 is 16.9 Å². The van der Waals surface area contributed by atoms with Crippen LogP contribution in [0.5, 0.6) is 0 Å². The number of esters is 1. The Morgan fingerprint density at radius 3 is 2.91 bits per heavy atom. The van der Waals surface area contributed by atoms with Crippen LogP contribution in [0.1, 0.15) is 5.56 Å². The Kier molecular flexibility index (Phi) is 2.68. The number of aromatic nitrogens is 1. The van der Waals surface area contributed by atoms with Gasteiger partial charge in [0.25, 0.3) is 0 Å². The van der Waals surface area contributed by atoms with Gasteiger partial charge in [-0.25, -0.2) is 4.79 Å². The highest BCUT2D eigenvalue weighted by atomic mass is 16.7. The van der Waals surface area contributed by atoms with Gasteiger partial charge in [0.1, 0.15) is 6.10 Å². The molecule has 0 radical (unpaired) electrons. The molecule has 2 saturated heterocycles. The fourth-order valence-electron chi connectivity index (χ4n) is 3.27. The fourth-order valence-corrected chi connectivity index (χ4v) is 3.27. The number of aromatic amines is 1. The van der Waals surface area contributed by atoms with Gasteiger partial charge in [0.05, 0.1) is 6.61 Å². The van der Waals surface area contributed by atoms with Crippen molar-refractivity contribution < 1.29 is 29.6 Å². The molecule has 7 nitrogen and oxygen atoms in total. The van der Waals surface area contributed by atoms with Gasteiger partial charge in [0.2, 0.25) is 11.4 Å². The quantitative estimate of drug-likeness (QED) is 0.554. The first-order valence-electron chi connectivity index (χ1n) is 6.98. The van der Waals surface area contributed by atoms with E-state index >= 15 is 0 Å². The molecule has 0 bridgehead atoms. The summed E-state index contributed by atoms with van der Waals surface area (Å²) in [6.07, 6.45) is -0.964. The fraction of sp³-hybridized carbons (Fsp3) is 0.400. The maximum Gasteiger partial charge on any atom is 0.344 e. The number of rotatable bonds is 2. The van der Waals surface area contributed by atoms with Crippen LogP contribution in [0.25, 0.3) is 10.9 Å². The molecule has 0 amide bonds. The van der Waals surface area contributed by atoms with E-state index in [4.69, 9.17) is 9.47 Å². The van der Waals surface area contributed by atoms with Crippen molar-refractivity contribution in [2.24, 2.45) is 0 Å². The number of aliphatic hydroxyl groups excluding tert-OH is 1. The predicted octanol–water partition coefficient (Wildman–Crippen LogP) is -0.553. The van der Waals surface area contributed by atoms with E-state index in [-0.39, 0.29) is 13.0 Å². The van der Waals surface area contributed by atoms with E-state index in [0.717, 1.165) is 10.9 Å². The third-order valence-corrected chi connectivity index (χ3v) is 4.49. The molecule has 4 rings (SSSR count). The Hall–Kier alpha value is -1.93. The Balaban J connectivity index is 1.76. The summed E-state index contributed by atoms with van der Waals surface area (Å²) in [7, 11) is 0. The minimum Gasteiger partial charge on any atom is -0.451 e. The van der Waals surface area contributed by atoms with Gasteiger partial charge < -0.3 is 29.8 Å². The summed E-state index contributed by atoms with van der Waals surface area (Å²) in [5.41, 5.74) is -0.766. The number of hydrogen-bond donors (Lipinski definition) is 4. The topological polar surface area (TPSA) is 112 Å². The van der Waals surface area contributed by atoms with Crippen molar-refractivity contribution in [3.63, 3.8) is 0 Å².